The highest BCUT2D eigenvalue weighted by Gasteiger charge is 2.73. The number of fused-ring (bicyclic) bond motifs is 7. The van der Waals surface area contributed by atoms with Crippen LogP contribution in [0.2, 0.25) is 0 Å². The minimum absolute atomic E-state index is 0.0619. The number of hydrogen-bond donors (Lipinski definition) is 0. The van der Waals surface area contributed by atoms with Crippen molar-refractivity contribution in [1.29, 1.82) is 0 Å². The van der Waals surface area contributed by atoms with Gasteiger partial charge in [0.15, 0.2) is 0 Å². The molecule has 0 heterocycles. The summed E-state index contributed by atoms with van der Waals surface area (Å²) in [7, 11) is 0. The van der Waals surface area contributed by atoms with Crippen LogP contribution < -0.4 is 0 Å². The highest BCUT2D eigenvalue weighted by molar-refractivity contribution is 5.66. The number of carbonyl (C=O) groups is 1. The zero-order chi connectivity index (χ0) is 24.9. The Balaban J connectivity index is 1.63. The van der Waals surface area contributed by atoms with Crippen molar-refractivity contribution in [3.05, 3.63) is 0 Å². The molecule has 0 aromatic rings. The van der Waals surface area contributed by atoms with Gasteiger partial charge in [0.1, 0.15) is 6.10 Å². The van der Waals surface area contributed by atoms with Gasteiger partial charge in [0.25, 0.3) is 0 Å². The third kappa shape index (κ3) is 3.21. The number of rotatable bonds is 1. The molecule has 0 radical (unpaired) electrons. The summed E-state index contributed by atoms with van der Waals surface area (Å²) in [6.45, 7) is 22.4. The van der Waals surface area contributed by atoms with Crippen molar-refractivity contribution in [1.82, 2.24) is 0 Å². The van der Waals surface area contributed by atoms with Crippen molar-refractivity contribution in [3.8, 4) is 0 Å². The number of hydrogen-bond acceptors (Lipinski definition) is 2. The van der Waals surface area contributed by atoms with Gasteiger partial charge in [-0.15, -0.1) is 0 Å². The SMILES string of the molecule is CC(=O)OC1CC2(C)C(C)CCCC2C2(C)CCC3(C)C4CC(C)(C)CCC4(C)CCC3(C)C12. The minimum Gasteiger partial charge on any atom is -0.462 e. The lowest BCUT2D eigenvalue weighted by Crippen LogP contribution is -2.70. The number of ether oxygens (including phenoxy) is 1. The van der Waals surface area contributed by atoms with E-state index < -0.39 is 0 Å². The molecule has 194 valence electrons. The molecule has 2 heteroatoms. The van der Waals surface area contributed by atoms with Crippen molar-refractivity contribution in [2.24, 2.45) is 56.2 Å². The van der Waals surface area contributed by atoms with Gasteiger partial charge in [-0.2, -0.15) is 0 Å². The van der Waals surface area contributed by atoms with Crippen LogP contribution in [0, 0.1) is 56.2 Å². The Bertz CT molecular complexity index is 846. The zero-order valence-corrected chi connectivity index (χ0v) is 24.0. The fourth-order valence-corrected chi connectivity index (χ4v) is 11.8. The van der Waals surface area contributed by atoms with Gasteiger partial charge in [-0.05, 0) is 108 Å². The third-order valence-electron chi connectivity index (χ3n) is 14.0. The van der Waals surface area contributed by atoms with Gasteiger partial charge in [-0.3, -0.25) is 4.79 Å². The topological polar surface area (TPSA) is 26.3 Å². The van der Waals surface area contributed by atoms with Crippen LogP contribution in [0.5, 0.6) is 0 Å². The van der Waals surface area contributed by atoms with Gasteiger partial charge >= 0.3 is 5.97 Å². The van der Waals surface area contributed by atoms with E-state index >= 15 is 0 Å². The molecule has 5 saturated carbocycles. The highest BCUT2D eigenvalue weighted by atomic mass is 16.5. The first-order chi connectivity index (χ1) is 15.6. The molecule has 10 atom stereocenters. The largest absolute Gasteiger partial charge is 0.462 e. The molecule has 0 aromatic carbocycles. The summed E-state index contributed by atoms with van der Waals surface area (Å²) < 4.78 is 6.41. The molecule has 10 unspecified atom stereocenters. The maximum Gasteiger partial charge on any atom is 0.302 e. The monoisotopic (exact) mass is 470 g/mol. The summed E-state index contributed by atoms with van der Waals surface area (Å²) in [6, 6.07) is 0. The quantitative estimate of drug-likeness (QED) is 0.358. The number of esters is 1. The predicted molar refractivity (Wildman–Crippen MR) is 140 cm³/mol. The normalized spacial score (nSPS) is 56.3. The van der Waals surface area contributed by atoms with Crippen molar-refractivity contribution in [2.75, 3.05) is 0 Å². The maximum absolute atomic E-state index is 12.5. The van der Waals surface area contributed by atoms with E-state index in [1.165, 1.54) is 64.2 Å². The Labute approximate surface area is 210 Å². The molecule has 34 heavy (non-hydrogen) atoms. The van der Waals surface area contributed by atoms with Crippen LogP contribution in [0.3, 0.4) is 0 Å². The van der Waals surface area contributed by atoms with Gasteiger partial charge in [0.05, 0.1) is 0 Å². The van der Waals surface area contributed by atoms with Gasteiger partial charge in [0.2, 0.25) is 0 Å². The summed E-state index contributed by atoms with van der Waals surface area (Å²) in [5.41, 5.74) is 2.06. The van der Waals surface area contributed by atoms with E-state index in [2.05, 4.69) is 55.4 Å². The first kappa shape index (κ1) is 25.1. The Kier molecular flexibility index (Phi) is 5.55. The molecule has 0 aliphatic heterocycles. The lowest BCUT2D eigenvalue weighted by molar-refractivity contribution is -0.286. The molecule has 5 fully saturated rings. The van der Waals surface area contributed by atoms with Crippen LogP contribution in [0.1, 0.15) is 133 Å². The van der Waals surface area contributed by atoms with Gasteiger partial charge in [-0.1, -0.05) is 68.2 Å². The Morgan fingerprint density at radius 2 is 1.38 bits per heavy atom. The summed E-state index contributed by atoms with van der Waals surface area (Å²) in [4.78, 5) is 12.5. The zero-order valence-electron chi connectivity index (χ0n) is 24.0. The molecular weight excluding hydrogens is 416 g/mol. The molecule has 0 saturated heterocycles. The van der Waals surface area contributed by atoms with E-state index in [1.54, 1.807) is 6.92 Å². The Morgan fingerprint density at radius 1 is 0.735 bits per heavy atom. The smallest absolute Gasteiger partial charge is 0.302 e. The lowest BCUT2D eigenvalue weighted by Gasteiger charge is -2.75. The van der Waals surface area contributed by atoms with Crippen LogP contribution in [-0.4, -0.2) is 12.1 Å². The molecule has 5 rings (SSSR count). The lowest BCUT2D eigenvalue weighted by atomic mass is 9.29. The Hall–Kier alpha value is -0.530. The first-order valence-corrected chi connectivity index (χ1v) is 14.8. The van der Waals surface area contributed by atoms with E-state index in [9.17, 15) is 4.79 Å². The van der Waals surface area contributed by atoms with Crippen LogP contribution in [0.4, 0.5) is 0 Å². The molecule has 0 aromatic heterocycles. The maximum atomic E-state index is 12.5. The fraction of sp³-hybridized carbons (Fsp3) is 0.969. The summed E-state index contributed by atoms with van der Waals surface area (Å²) in [5.74, 6) is 2.69. The molecule has 5 aliphatic carbocycles. The summed E-state index contributed by atoms with van der Waals surface area (Å²) in [6.07, 6.45) is 14.7. The molecule has 0 N–H and O–H groups in total. The first-order valence-electron chi connectivity index (χ1n) is 14.8. The average molecular weight is 471 g/mol. The van der Waals surface area contributed by atoms with Crippen LogP contribution in [0.25, 0.3) is 0 Å². The van der Waals surface area contributed by atoms with Crippen molar-refractivity contribution >= 4 is 5.97 Å². The van der Waals surface area contributed by atoms with Crippen molar-refractivity contribution in [2.45, 2.75) is 139 Å². The van der Waals surface area contributed by atoms with Gasteiger partial charge < -0.3 is 4.74 Å². The predicted octanol–water partition coefficient (Wildman–Crippen LogP) is 8.82. The van der Waals surface area contributed by atoms with Crippen LogP contribution in [-0.2, 0) is 9.53 Å². The van der Waals surface area contributed by atoms with Crippen LogP contribution in [0.15, 0.2) is 0 Å². The second-order valence-corrected chi connectivity index (χ2v) is 16.1. The van der Waals surface area contributed by atoms with Crippen molar-refractivity contribution < 1.29 is 9.53 Å². The second-order valence-electron chi connectivity index (χ2n) is 16.1. The van der Waals surface area contributed by atoms with E-state index in [1.807, 2.05) is 0 Å². The second kappa shape index (κ2) is 7.50. The minimum atomic E-state index is -0.0619. The van der Waals surface area contributed by atoms with Crippen molar-refractivity contribution in [3.63, 3.8) is 0 Å². The summed E-state index contributed by atoms with van der Waals surface area (Å²) in [5, 5.41) is 0. The third-order valence-corrected chi connectivity index (χ3v) is 14.0. The summed E-state index contributed by atoms with van der Waals surface area (Å²) >= 11 is 0. The Morgan fingerprint density at radius 3 is 2.06 bits per heavy atom. The highest BCUT2D eigenvalue weighted by Crippen LogP contribution is 2.78. The molecular formula is C32H54O2. The molecule has 0 bridgehead atoms. The van der Waals surface area contributed by atoms with Gasteiger partial charge in [0, 0.05) is 12.8 Å². The van der Waals surface area contributed by atoms with E-state index in [0.29, 0.717) is 27.6 Å². The fourth-order valence-electron chi connectivity index (χ4n) is 11.8. The molecule has 0 spiro atoms. The standard InChI is InChI=1S/C32H54O2/c1-21-11-10-12-24-29(6)16-18-31(8)25-20-27(3,4)13-14-28(25,5)15-17-32(31,9)26(29)23(34-22(2)33)19-30(21,24)7/h21,23-26H,10-20H2,1-9H3. The molecule has 2 nitrogen and oxygen atoms in total. The number of carbonyl (C=O) groups excluding carboxylic acids is 1. The van der Waals surface area contributed by atoms with Gasteiger partial charge in [-0.25, -0.2) is 0 Å². The van der Waals surface area contributed by atoms with E-state index in [0.717, 1.165) is 24.2 Å². The average Bonchev–Trinajstić information content (AvgIpc) is 2.72. The molecule has 5 aliphatic rings. The van der Waals surface area contributed by atoms with Crippen LogP contribution >= 0.6 is 0 Å². The van der Waals surface area contributed by atoms with E-state index in [-0.39, 0.29) is 22.9 Å². The van der Waals surface area contributed by atoms with E-state index in [4.69, 9.17) is 4.74 Å². The molecule has 0 amide bonds.